The highest BCUT2D eigenvalue weighted by atomic mass is 16.7. The molecule has 2 aromatic rings. The van der Waals surface area contributed by atoms with Crippen LogP contribution in [0.15, 0.2) is 30.6 Å². The van der Waals surface area contributed by atoms with Crippen molar-refractivity contribution < 1.29 is 14.3 Å². The zero-order valence-electron chi connectivity index (χ0n) is 10.4. The third-order valence-corrected chi connectivity index (χ3v) is 2.85. The summed E-state index contributed by atoms with van der Waals surface area (Å²) in [5.41, 5.74) is 1.19. The average molecular weight is 259 g/mol. The lowest BCUT2D eigenvalue weighted by Gasteiger charge is -2.03. The summed E-state index contributed by atoms with van der Waals surface area (Å²) < 4.78 is 12.2. The van der Waals surface area contributed by atoms with Gasteiger partial charge < -0.3 is 14.8 Å². The number of nitrogens with zero attached hydrogens (tertiary/aromatic N) is 2. The van der Waals surface area contributed by atoms with E-state index in [1.807, 2.05) is 6.92 Å². The number of amides is 1. The Hall–Kier alpha value is -2.50. The van der Waals surface area contributed by atoms with Crippen LogP contribution < -0.4 is 14.8 Å². The molecule has 2 heterocycles. The Bertz CT molecular complexity index is 621. The quantitative estimate of drug-likeness (QED) is 0.914. The maximum absolute atomic E-state index is 12.1. The molecule has 0 unspecified atom stereocenters. The second-order valence-corrected chi connectivity index (χ2v) is 4.11. The summed E-state index contributed by atoms with van der Waals surface area (Å²) in [7, 11) is 0. The molecular weight excluding hydrogens is 246 g/mol. The molecule has 19 heavy (non-hydrogen) atoms. The highest BCUT2D eigenvalue weighted by Gasteiger charge is 2.16. The fourth-order valence-corrected chi connectivity index (χ4v) is 1.84. The Morgan fingerprint density at radius 3 is 3.05 bits per heavy atom. The van der Waals surface area contributed by atoms with Crippen molar-refractivity contribution in [1.82, 2.24) is 9.78 Å². The summed E-state index contributed by atoms with van der Waals surface area (Å²) in [4.78, 5) is 12.1. The van der Waals surface area contributed by atoms with Crippen LogP contribution in [0.4, 0.5) is 5.69 Å². The van der Waals surface area contributed by atoms with Gasteiger partial charge in [0.05, 0.1) is 11.9 Å². The van der Waals surface area contributed by atoms with Gasteiger partial charge >= 0.3 is 0 Å². The molecule has 0 atom stereocenters. The zero-order chi connectivity index (χ0) is 13.2. The first-order chi connectivity index (χ1) is 9.26. The van der Waals surface area contributed by atoms with Crippen molar-refractivity contribution in [2.24, 2.45) is 0 Å². The molecule has 6 nitrogen and oxygen atoms in total. The van der Waals surface area contributed by atoms with Gasteiger partial charge in [-0.05, 0) is 25.1 Å². The molecule has 0 saturated heterocycles. The minimum absolute atomic E-state index is 0.198. The van der Waals surface area contributed by atoms with Gasteiger partial charge in [-0.3, -0.25) is 9.48 Å². The number of carbonyl (C=O) groups excluding carboxylic acids is 1. The van der Waals surface area contributed by atoms with Crippen LogP contribution >= 0.6 is 0 Å². The minimum atomic E-state index is -0.200. The van der Waals surface area contributed by atoms with Gasteiger partial charge in [-0.2, -0.15) is 5.10 Å². The second-order valence-electron chi connectivity index (χ2n) is 4.11. The maximum atomic E-state index is 12.1. The van der Waals surface area contributed by atoms with Gasteiger partial charge in [0.2, 0.25) is 6.79 Å². The molecule has 0 fully saturated rings. The fraction of sp³-hybridized carbons (Fsp3) is 0.231. The van der Waals surface area contributed by atoms with Crippen LogP contribution in [0.25, 0.3) is 0 Å². The molecule has 1 aliphatic heterocycles. The van der Waals surface area contributed by atoms with Crippen molar-refractivity contribution in [3.8, 4) is 11.5 Å². The summed E-state index contributed by atoms with van der Waals surface area (Å²) >= 11 is 0. The van der Waals surface area contributed by atoms with E-state index in [9.17, 15) is 4.79 Å². The highest BCUT2D eigenvalue weighted by molar-refractivity contribution is 6.04. The van der Waals surface area contributed by atoms with Crippen LogP contribution in [0.1, 0.15) is 17.3 Å². The molecule has 6 heteroatoms. The van der Waals surface area contributed by atoms with E-state index in [-0.39, 0.29) is 12.7 Å². The number of aryl methyl sites for hydroxylation is 1. The molecule has 0 spiro atoms. The maximum Gasteiger partial charge on any atom is 0.255 e. The molecule has 0 saturated carbocycles. The van der Waals surface area contributed by atoms with E-state index in [4.69, 9.17) is 9.47 Å². The zero-order valence-corrected chi connectivity index (χ0v) is 10.4. The molecule has 1 N–H and O–H groups in total. The summed E-state index contributed by atoms with van der Waals surface area (Å²) in [5.74, 6) is 1.06. The van der Waals surface area contributed by atoms with Crippen LogP contribution in [0.3, 0.4) is 0 Å². The lowest BCUT2D eigenvalue weighted by molar-refractivity contribution is 0.102. The summed E-state index contributed by atoms with van der Waals surface area (Å²) in [6.45, 7) is 2.94. The minimum Gasteiger partial charge on any atom is -0.454 e. The number of hydrogen-bond donors (Lipinski definition) is 1. The first kappa shape index (κ1) is 11.6. The average Bonchev–Trinajstić information content (AvgIpc) is 3.05. The number of rotatable bonds is 3. The lowest BCUT2D eigenvalue weighted by atomic mass is 10.2. The van der Waals surface area contributed by atoms with Crippen molar-refractivity contribution in [2.75, 3.05) is 12.1 Å². The number of nitrogens with one attached hydrogen (secondary N) is 1. The van der Waals surface area contributed by atoms with Gasteiger partial charge in [0, 0.05) is 18.3 Å². The van der Waals surface area contributed by atoms with Crippen LogP contribution in [0.5, 0.6) is 11.5 Å². The number of hydrogen-bond acceptors (Lipinski definition) is 4. The number of aromatic nitrogens is 2. The van der Waals surface area contributed by atoms with E-state index in [0.717, 1.165) is 6.54 Å². The van der Waals surface area contributed by atoms with Crippen LogP contribution in [0.2, 0.25) is 0 Å². The normalized spacial score (nSPS) is 12.5. The van der Waals surface area contributed by atoms with E-state index >= 15 is 0 Å². The smallest absolute Gasteiger partial charge is 0.255 e. The molecule has 1 aromatic heterocycles. The second kappa shape index (κ2) is 4.64. The van der Waals surface area contributed by atoms with Crippen molar-refractivity contribution in [3.63, 3.8) is 0 Å². The summed E-state index contributed by atoms with van der Waals surface area (Å²) in [5, 5.41) is 6.88. The first-order valence-electron chi connectivity index (χ1n) is 5.99. The van der Waals surface area contributed by atoms with E-state index in [2.05, 4.69) is 10.4 Å². The Balaban J connectivity index is 1.76. The third-order valence-electron chi connectivity index (χ3n) is 2.85. The number of fused-ring (bicyclic) bond motifs is 1. The molecule has 1 amide bonds. The van der Waals surface area contributed by atoms with Gasteiger partial charge in [0.25, 0.3) is 5.91 Å². The number of carbonyl (C=O) groups is 1. The predicted octanol–water partition coefficient (Wildman–Crippen LogP) is 1.88. The molecule has 0 bridgehead atoms. The predicted molar refractivity (Wildman–Crippen MR) is 68.4 cm³/mol. The van der Waals surface area contributed by atoms with Gasteiger partial charge in [0.1, 0.15) is 0 Å². The molecule has 98 valence electrons. The molecular formula is C13H13N3O3. The number of anilines is 1. The van der Waals surface area contributed by atoms with Crippen LogP contribution in [-0.2, 0) is 6.54 Å². The number of benzene rings is 1. The Kier molecular flexibility index (Phi) is 2.83. The topological polar surface area (TPSA) is 65.4 Å². The van der Waals surface area contributed by atoms with Crippen LogP contribution in [-0.4, -0.2) is 22.5 Å². The van der Waals surface area contributed by atoms with Crippen molar-refractivity contribution >= 4 is 11.6 Å². The SMILES string of the molecule is CCn1cc(NC(=O)c2ccc3c(c2)OCO3)cn1. The van der Waals surface area contributed by atoms with E-state index in [1.165, 1.54) is 0 Å². The van der Waals surface area contributed by atoms with E-state index in [1.54, 1.807) is 35.3 Å². The molecule has 0 radical (unpaired) electrons. The molecule has 3 rings (SSSR count). The summed E-state index contributed by atoms with van der Waals surface area (Å²) in [6.07, 6.45) is 3.40. The Labute approximate surface area is 109 Å². The lowest BCUT2D eigenvalue weighted by Crippen LogP contribution is -2.11. The molecule has 1 aromatic carbocycles. The van der Waals surface area contributed by atoms with E-state index < -0.39 is 0 Å². The van der Waals surface area contributed by atoms with Gasteiger partial charge in [-0.15, -0.1) is 0 Å². The standard InChI is InChI=1S/C13H13N3O3/c1-2-16-7-10(6-14-16)15-13(17)9-3-4-11-12(5-9)19-8-18-11/h3-7H,2,8H2,1H3,(H,15,17). The molecule has 1 aliphatic rings. The monoisotopic (exact) mass is 259 g/mol. The Morgan fingerprint density at radius 2 is 2.26 bits per heavy atom. The highest BCUT2D eigenvalue weighted by Crippen LogP contribution is 2.32. The van der Waals surface area contributed by atoms with E-state index in [0.29, 0.717) is 22.7 Å². The fourth-order valence-electron chi connectivity index (χ4n) is 1.84. The third kappa shape index (κ3) is 2.24. The van der Waals surface area contributed by atoms with Crippen LogP contribution in [0, 0.1) is 0 Å². The number of ether oxygens (including phenoxy) is 2. The molecule has 0 aliphatic carbocycles. The van der Waals surface area contributed by atoms with Gasteiger partial charge in [0.15, 0.2) is 11.5 Å². The van der Waals surface area contributed by atoms with Gasteiger partial charge in [-0.1, -0.05) is 0 Å². The van der Waals surface area contributed by atoms with Crippen molar-refractivity contribution in [3.05, 3.63) is 36.2 Å². The summed E-state index contributed by atoms with van der Waals surface area (Å²) in [6, 6.07) is 5.10. The van der Waals surface area contributed by atoms with Gasteiger partial charge in [-0.25, -0.2) is 0 Å². The first-order valence-corrected chi connectivity index (χ1v) is 5.99. The largest absolute Gasteiger partial charge is 0.454 e. The Morgan fingerprint density at radius 1 is 1.42 bits per heavy atom. The van der Waals surface area contributed by atoms with Crippen molar-refractivity contribution in [1.29, 1.82) is 0 Å². The van der Waals surface area contributed by atoms with Crippen molar-refractivity contribution in [2.45, 2.75) is 13.5 Å².